The van der Waals surface area contributed by atoms with Crippen molar-refractivity contribution < 1.29 is 32.9 Å². The van der Waals surface area contributed by atoms with Crippen LogP contribution in [0.2, 0.25) is 0 Å². The summed E-state index contributed by atoms with van der Waals surface area (Å²) in [6.45, 7) is -0.967. The molecular weight excluding hydrogens is 455 g/mol. The first kappa shape index (κ1) is 23.1. The zero-order valence-corrected chi connectivity index (χ0v) is 17.4. The molecule has 0 bridgehead atoms. The van der Waals surface area contributed by atoms with Gasteiger partial charge in [-0.2, -0.15) is 13.2 Å². The predicted molar refractivity (Wildman–Crippen MR) is 115 cm³/mol. The molecule has 0 radical (unpaired) electrons. The van der Waals surface area contributed by atoms with Crippen molar-refractivity contribution >= 4 is 22.8 Å². The number of ether oxygens (including phenoxy) is 1. The largest absolute Gasteiger partial charge is 0.491 e. The lowest BCUT2D eigenvalue weighted by Crippen LogP contribution is -2.21. The Bertz CT molecular complexity index is 1310. The lowest BCUT2D eigenvalue weighted by Gasteiger charge is -2.15. The van der Waals surface area contributed by atoms with Crippen LogP contribution in [0.15, 0.2) is 55.0 Å². The molecule has 1 aromatic carbocycles. The van der Waals surface area contributed by atoms with Gasteiger partial charge < -0.3 is 25.3 Å². The fourth-order valence-electron chi connectivity index (χ4n) is 3.15. The maximum atomic E-state index is 13.8. The number of fused-ring (bicyclic) bond motifs is 1. The summed E-state index contributed by atoms with van der Waals surface area (Å²) in [5, 5.41) is 20.8. The van der Waals surface area contributed by atoms with Gasteiger partial charge >= 0.3 is 6.18 Å². The van der Waals surface area contributed by atoms with Gasteiger partial charge in [0.1, 0.15) is 35.6 Å². The van der Waals surface area contributed by atoms with Gasteiger partial charge in [0.05, 0.1) is 29.4 Å². The molecule has 4 rings (SSSR count). The molecule has 0 saturated heterocycles. The molecule has 4 N–H and O–H groups in total. The van der Waals surface area contributed by atoms with Gasteiger partial charge in [-0.3, -0.25) is 9.78 Å². The highest BCUT2D eigenvalue weighted by atomic mass is 19.4. The Labute approximate surface area is 190 Å². The zero-order valence-electron chi connectivity index (χ0n) is 17.4. The number of H-pyrrole nitrogens is 1. The number of pyridine rings is 2. The highest BCUT2D eigenvalue weighted by molar-refractivity contribution is 6.11. The maximum Gasteiger partial charge on any atom is 0.417 e. The Morgan fingerprint density at radius 1 is 1.21 bits per heavy atom. The number of amides is 1. The second-order valence-corrected chi connectivity index (χ2v) is 7.19. The number of hydrogen-bond donors (Lipinski definition) is 4. The monoisotopic (exact) mass is 473 g/mol. The summed E-state index contributed by atoms with van der Waals surface area (Å²) in [5.74, 6) is -0.542. The second-order valence-electron chi connectivity index (χ2n) is 7.19. The van der Waals surface area contributed by atoms with Gasteiger partial charge in [-0.15, -0.1) is 0 Å². The van der Waals surface area contributed by atoms with Gasteiger partial charge in [0.15, 0.2) is 0 Å². The van der Waals surface area contributed by atoms with Crippen molar-refractivity contribution in [1.29, 1.82) is 0 Å². The van der Waals surface area contributed by atoms with Gasteiger partial charge in [-0.1, -0.05) is 6.07 Å². The Morgan fingerprint density at radius 3 is 2.74 bits per heavy atom. The van der Waals surface area contributed by atoms with Crippen molar-refractivity contribution in [2.24, 2.45) is 0 Å². The third kappa shape index (κ3) is 4.97. The van der Waals surface area contributed by atoms with E-state index in [-0.39, 0.29) is 40.3 Å². The first-order valence-corrected chi connectivity index (χ1v) is 9.95. The number of aliphatic hydroxyl groups is 2. The van der Waals surface area contributed by atoms with Crippen molar-refractivity contribution in [3.63, 3.8) is 0 Å². The van der Waals surface area contributed by atoms with Crippen molar-refractivity contribution in [3.8, 4) is 17.1 Å². The Hall–Kier alpha value is -4.03. The average molecular weight is 473 g/mol. The van der Waals surface area contributed by atoms with Crippen LogP contribution in [0, 0.1) is 0 Å². The predicted octanol–water partition coefficient (Wildman–Crippen LogP) is 3.02. The lowest BCUT2D eigenvalue weighted by molar-refractivity contribution is -0.137. The number of halogens is 3. The Balaban J connectivity index is 1.71. The van der Waals surface area contributed by atoms with Gasteiger partial charge in [-0.25, -0.2) is 9.97 Å². The molecule has 1 unspecified atom stereocenters. The summed E-state index contributed by atoms with van der Waals surface area (Å²) in [5.41, 5.74) is -0.844. The topological polar surface area (TPSA) is 133 Å². The van der Waals surface area contributed by atoms with E-state index in [1.807, 2.05) is 0 Å². The number of carbonyl (C=O) groups excluding carboxylic acids is 1. The van der Waals surface area contributed by atoms with Crippen LogP contribution in [0.3, 0.4) is 0 Å². The van der Waals surface area contributed by atoms with E-state index >= 15 is 0 Å². The fraction of sp³-hybridized carbons (Fsp3) is 0.182. The van der Waals surface area contributed by atoms with Gasteiger partial charge in [0, 0.05) is 18.0 Å². The van der Waals surface area contributed by atoms with Gasteiger partial charge in [-0.05, 0) is 30.3 Å². The fourth-order valence-corrected chi connectivity index (χ4v) is 3.15. The number of nitrogens with one attached hydrogen (secondary N) is 2. The number of rotatable bonds is 7. The smallest absolute Gasteiger partial charge is 0.417 e. The summed E-state index contributed by atoms with van der Waals surface area (Å²) >= 11 is 0. The number of carbonyl (C=O) groups is 1. The van der Waals surface area contributed by atoms with E-state index in [2.05, 4.69) is 25.3 Å². The number of imidazole rings is 1. The molecule has 1 atom stereocenters. The number of nitrogens with zero attached hydrogens (tertiary/aromatic N) is 3. The van der Waals surface area contributed by atoms with Crippen LogP contribution in [0.5, 0.6) is 5.75 Å². The third-order valence-corrected chi connectivity index (χ3v) is 4.75. The Kier molecular flexibility index (Phi) is 6.43. The SMILES string of the molecule is O=C(Nc1ccccn1)c1cncc2[nH]c(-c3ccc(OCC(O)CO)cc3C(F)(F)F)nc12. The summed E-state index contributed by atoms with van der Waals surface area (Å²) in [6.07, 6.45) is -1.87. The molecule has 34 heavy (non-hydrogen) atoms. The minimum Gasteiger partial charge on any atom is -0.491 e. The molecule has 0 aliphatic carbocycles. The zero-order chi connectivity index (χ0) is 24.3. The molecule has 176 valence electrons. The number of alkyl halides is 3. The molecule has 12 heteroatoms. The van der Waals surface area contributed by atoms with Crippen molar-refractivity contribution in [2.75, 3.05) is 18.5 Å². The summed E-state index contributed by atoms with van der Waals surface area (Å²) in [7, 11) is 0. The van der Waals surface area contributed by atoms with Crippen LogP contribution in [-0.4, -0.2) is 55.4 Å². The Morgan fingerprint density at radius 2 is 2.03 bits per heavy atom. The van der Waals surface area contributed by atoms with Crippen LogP contribution in [0.4, 0.5) is 19.0 Å². The highest BCUT2D eigenvalue weighted by Gasteiger charge is 2.35. The molecule has 0 saturated carbocycles. The van der Waals surface area contributed by atoms with Crippen LogP contribution in [0.1, 0.15) is 15.9 Å². The van der Waals surface area contributed by atoms with E-state index in [9.17, 15) is 23.1 Å². The number of aromatic nitrogens is 4. The van der Waals surface area contributed by atoms with Gasteiger partial charge in [0.2, 0.25) is 0 Å². The average Bonchev–Trinajstić information content (AvgIpc) is 3.26. The van der Waals surface area contributed by atoms with Crippen LogP contribution in [-0.2, 0) is 6.18 Å². The number of aromatic amines is 1. The normalized spacial score (nSPS) is 12.5. The second kappa shape index (κ2) is 9.45. The van der Waals surface area contributed by atoms with Gasteiger partial charge in [0.25, 0.3) is 5.91 Å². The highest BCUT2D eigenvalue weighted by Crippen LogP contribution is 2.39. The summed E-state index contributed by atoms with van der Waals surface area (Å²) in [4.78, 5) is 27.7. The third-order valence-electron chi connectivity index (χ3n) is 4.75. The van der Waals surface area contributed by atoms with Crippen molar-refractivity contribution in [1.82, 2.24) is 19.9 Å². The molecule has 4 aromatic rings. The first-order valence-electron chi connectivity index (χ1n) is 9.95. The molecule has 0 fully saturated rings. The quantitative estimate of drug-likeness (QED) is 0.324. The molecule has 1 amide bonds. The molecule has 3 aromatic heterocycles. The van der Waals surface area contributed by atoms with Crippen molar-refractivity contribution in [2.45, 2.75) is 12.3 Å². The molecular formula is C22H18F3N5O4. The molecule has 3 heterocycles. The minimum atomic E-state index is -4.75. The molecule has 0 aliphatic rings. The summed E-state index contributed by atoms with van der Waals surface area (Å²) < 4.78 is 46.6. The van der Waals surface area contributed by atoms with E-state index in [1.54, 1.807) is 18.2 Å². The minimum absolute atomic E-state index is 0.0529. The van der Waals surface area contributed by atoms with E-state index in [4.69, 9.17) is 9.84 Å². The van der Waals surface area contributed by atoms with Crippen LogP contribution < -0.4 is 10.1 Å². The van der Waals surface area contributed by atoms with E-state index in [0.717, 1.165) is 6.07 Å². The van der Waals surface area contributed by atoms with Crippen LogP contribution >= 0.6 is 0 Å². The number of anilines is 1. The maximum absolute atomic E-state index is 13.8. The first-order chi connectivity index (χ1) is 16.3. The van der Waals surface area contributed by atoms with E-state index < -0.39 is 30.4 Å². The van der Waals surface area contributed by atoms with E-state index in [0.29, 0.717) is 5.82 Å². The number of aliphatic hydroxyl groups excluding tert-OH is 2. The summed E-state index contributed by atoms with van der Waals surface area (Å²) in [6, 6.07) is 8.18. The number of hydrogen-bond acceptors (Lipinski definition) is 7. The van der Waals surface area contributed by atoms with Crippen molar-refractivity contribution in [3.05, 3.63) is 66.1 Å². The molecule has 0 aliphatic heterocycles. The standard InChI is InChI=1S/C22H18F3N5O4/c23-22(24,25)16-7-13(34-11-12(32)10-31)4-5-14(16)20-28-17-9-26-8-15(19(17)30-20)21(33)29-18-3-1-2-6-27-18/h1-9,12,31-32H,10-11H2,(H,28,30)(H,27,29,33). The lowest BCUT2D eigenvalue weighted by atomic mass is 10.1. The van der Waals surface area contributed by atoms with Crippen LogP contribution in [0.25, 0.3) is 22.4 Å². The molecule has 0 spiro atoms. The van der Waals surface area contributed by atoms with E-state index in [1.165, 1.54) is 30.7 Å². The molecule has 9 nitrogen and oxygen atoms in total. The number of benzene rings is 1.